The van der Waals surface area contributed by atoms with Gasteiger partial charge in [-0.1, -0.05) is 24.1 Å². The summed E-state index contributed by atoms with van der Waals surface area (Å²) in [5.41, 5.74) is 12.1. The Kier molecular flexibility index (Phi) is 5.37. The Hall–Kier alpha value is -2.54. The number of benzene rings is 2. The van der Waals surface area contributed by atoms with E-state index in [1.807, 2.05) is 4.68 Å². The van der Waals surface area contributed by atoms with E-state index in [1.165, 1.54) is 37.0 Å². The minimum atomic E-state index is -0.234. The van der Waals surface area contributed by atoms with Crippen LogP contribution in [0.5, 0.6) is 0 Å². The minimum absolute atomic E-state index is 0.234. The molecule has 5 nitrogen and oxygen atoms in total. The van der Waals surface area contributed by atoms with Crippen LogP contribution in [0.1, 0.15) is 30.4 Å². The van der Waals surface area contributed by atoms with E-state index in [-0.39, 0.29) is 5.82 Å². The molecule has 5 rings (SSSR count). The quantitative estimate of drug-likeness (QED) is 0.585. The molecule has 1 aliphatic carbocycles. The summed E-state index contributed by atoms with van der Waals surface area (Å²) in [7, 11) is 0. The molecule has 3 aromatic rings. The van der Waals surface area contributed by atoms with E-state index < -0.39 is 0 Å². The number of aryl methyl sites for hydroxylation is 1. The van der Waals surface area contributed by atoms with Crippen LogP contribution in [0.4, 0.5) is 4.39 Å². The third-order valence-corrected chi connectivity index (χ3v) is 6.43. The van der Waals surface area contributed by atoms with Gasteiger partial charge in [-0.05, 0) is 62.1 Å². The summed E-state index contributed by atoms with van der Waals surface area (Å²) >= 11 is 0. The molecule has 3 atom stereocenters. The maximum atomic E-state index is 13.4. The van der Waals surface area contributed by atoms with Crippen molar-refractivity contribution in [3.05, 3.63) is 71.7 Å². The van der Waals surface area contributed by atoms with Crippen molar-refractivity contribution in [2.45, 2.75) is 44.8 Å². The summed E-state index contributed by atoms with van der Waals surface area (Å²) < 4.78 is 15.4. The van der Waals surface area contributed by atoms with Crippen LogP contribution in [-0.2, 0) is 6.54 Å². The van der Waals surface area contributed by atoms with Crippen molar-refractivity contribution < 1.29 is 4.39 Å². The number of hydrogen-bond donors (Lipinski definition) is 3. The number of nitrogens with one attached hydrogen (secondary N) is 3. The van der Waals surface area contributed by atoms with Gasteiger partial charge in [0, 0.05) is 42.5 Å². The predicted octanol–water partition coefficient (Wildman–Crippen LogP) is 3.72. The van der Waals surface area contributed by atoms with Gasteiger partial charge in [-0.25, -0.2) is 9.07 Å². The third-order valence-electron chi connectivity index (χ3n) is 6.43. The second-order valence-corrected chi connectivity index (χ2v) is 8.52. The van der Waals surface area contributed by atoms with E-state index in [9.17, 15) is 4.39 Å². The molecule has 3 unspecified atom stereocenters. The van der Waals surface area contributed by atoms with Gasteiger partial charge in [-0.2, -0.15) is 5.10 Å². The number of rotatable bonds is 6. The first kappa shape index (κ1) is 19.4. The van der Waals surface area contributed by atoms with E-state index in [4.69, 9.17) is 5.10 Å². The zero-order valence-corrected chi connectivity index (χ0v) is 17.2. The first-order valence-corrected chi connectivity index (χ1v) is 10.8. The Bertz CT molecular complexity index is 995. The molecular formula is C24H28FN5. The number of hydrazine groups is 1. The van der Waals surface area contributed by atoms with Crippen LogP contribution in [0, 0.1) is 18.7 Å². The lowest BCUT2D eigenvalue weighted by Gasteiger charge is -2.17. The fourth-order valence-electron chi connectivity index (χ4n) is 4.75. The number of fused-ring (bicyclic) bond motifs is 1. The molecule has 1 saturated heterocycles. The highest BCUT2D eigenvalue weighted by molar-refractivity contribution is 5.63. The number of halogens is 1. The van der Waals surface area contributed by atoms with Gasteiger partial charge in [0.25, 0.3) is 0 Å². The molecule has 6 heteroatoms. The minimum Gasteiger partial charge on any atom is -0.311 e. The molecular weight excluding hydrogens is 377 g/mol. The zero-order chi connectivity index (χ0) is 20.5. The van der Waals surface area contributed by atoms with Crippen molar-refractivity contribution in [1.29, 1.82) is 0 Å². The van der Waals surface area contributed by atoms with Crippen LogP contribution in [0.15, 0.2) is 54.7 Å². The zero-order valence-electron chi connectivity index (χ0n) is 17.2. The summed E-state index contributed by atoms with van der Waals surface area (Å²) in [6.07, 6.45) is 5.96. The highest BCUT2D eigenvalue weighted by atomic mass is 19.1. The molecule has 2 fully saturated rings. The van der Waals surface area contributed by atoms with Crippen LogP contribution in [0.25, 0.3) is 16.9 Å². The van der Waals surface area contributed by atoms with Crippen LogP contribution in [-0.4, -0.2) is 28.4 Å². The number of nitrogens with zero attached hydrogens (tertiary/aromatic N) is 2. The van der Waals surface area contributed by atoms with E-state index in [0.717, 1.165) is 29.1 Å². The average Bonchev–Trinajstić information content (AvgIpc) is 3.46. The van der Waals surface area contributed by atoms with Crippen LogP contribution in [0.3, 0.4) is 0 Å². The Morgan fingerprint density at radius 1 is 1.07 bits per heavy atom. The molecule has 2 aliphatic rings. The van der Waals surface area contributed by atoms with Gasteiger partial charge in [-0.3, -0.25) is 10.9 Å². The van der Waals surface area contributed by atoms with Gasteiger partial charge in [0.2, 0.25) is 0 Å². The first-order chi connectivity index (χ1) is 14.7. The third kappa shape index (κ3) is 3.90. The number of hydrogen-bond acceptors (Lipinski definition) is 4. The molecule has 0 radical (unpaired) electrons. The summed E-state index contributed by atoms with van der Waals surface area (Å²) in [4.78, 5) is 0. The molecule has 2 aromatic carbocycles. The molecule has 3 N–H and O–H groups in total. The highest BCUT2D eigenvalue weighted by Crippen LogP contribution is 2.31. The smallest absolute Gasteiger partial charge is 0.123 e. The van der Waals surface area contributed by atoms with Crippen molar-refractivity contribution in [3.8, 4) is 16.9 Å². The van der Waals surface area contributed by atoms with Crippen LogP contribution >= 0.6 is 0 Å². The van der Waals surface area contributed by atoms with Crippen molar-refractivity contribution in [1.82, 2.24) is 25.9 Å². The monoisotopic (exact) mass is 405 g/mol. The van der Waals surface area contributed by atoms with Gasteiger partial charge in [-0.15, -0.1) is 0 Å². The molecule has 0 spiro atoms. The van der Waals surface area contributed by atoms with Crippen molar-refractivity contribution in [2.24, 2.45) is 5.92 Å². The normalized spacial score (nSPS) is 23.1. The highest BCUT2D eigenvalue weighted by Gasteiger charge is 2.38. The Labute approximate surface area is 176 Å². The van der Waals surface area contributed by atoms with E-state index in [1.54, 1.807) is 12.1 Å². The lowest BCUT2D eigenvalue weighted by atomic mass is 9.97. The largest absolute Gasteiger partial charge is 0.311 e. The molecule has 2 heterocycles. The van der Waals surface area contributed by atoms with Gasteiger partial charge in [0.05, 0.1) is 11.4 Å². The first-order valence-electron chi connectivity index (χ1n) is 10.8. The summed E-state index contributed by atoms with van der Waals surface area (Å²) in [5.74, 6) is 0.478. The Balaban J connectivity index is 1.36. The lowest BCUT2D eigenvalue weighted by Crippen LogP contribution is -2.40. The molecule has 1 saturated carbocycles. The second kappa shape index (κ2) is 8.30. The number of aromatic nitrogens is 2. The van der Waals surface area contributed by atoms with Gasteiger partial charge in [0.15, 0.2) is 0 Å². The van der Waals surface area contributed by atoms with Gasteiger partial charge < -0.3 is 5.32 Å². The fraction of sp³-hybridized carbons (Fsp3) is 0.375. The van der Waals surface area contributed by atoms with Crippen molar-refractivity contribution >= 4 is 0 Å². The Morgan fingerprint density at radius 2 is 1.87 bits per heavy atom. The summed E-state index contributed by atoms with van der Waals surface area (Å²) in [6.45, 7) is 3.70. The molecule has 156 valence electrons. The summed E-state index contributed by atoms with van der Waals surface area (Å²) in [6, 6.07) is 16.0. The van der Waals surface area contributed by atoms with Crippen molar-refractivity contribution in [3.63, 3.8) is 0 Å². The SMILES string of the molecule is Cc1ccc(-n2cc(CNCC3NNC4CCCC43)c(-c3ccc(F)cc3)n2)cc1. The maximum Gasteiger partial charge on any atom is 0.123 e. The molecule has 1 aliphatic heterocycles. The van der Waals surface area contributed by atoms with E-state index >= 15 is 0 Å². The standard InChI is InChI=1S/C24H28FN5/c1-16-5-11-20(12-6-16)30-15-18(24(29-30)17-7-9-19(25)10-8-17)13-26-14-23-21-3-2-4-22(21)27-28-23/h5-12,15,21-23,26-28H,2-4,13-14H2,1H3. The van der Waals surface area contributed by atoms with E-state index in [0.29, 0.717) is 24.5 Å². The Morgan fingerprint density at radius 3 is 2.67 bits per heavy atom. The predicted molar refractivity (Wildman–Crippen MR) is 117 cm³/mol. The molecule has 30 heavy (non-hydrogen) atoms. The van der Waals surface area contributed by atoms with Crippen LogP contribution < -0.4 is 16.2 Å². The van der Waals surface area contributed by atoms with Gasteiger partial charge in [0.1, 0.15) is 5.82 Å². The second-order valence-electron chi connectivity index (χ2n) is 8.52. The lowest BCUT2D eigenvalue weighted by molar-refractivity contribution is 0.418. The van der Waals surface area contributed by atoms with Gasteiger partial charge >= 0.3 is 0 Å². The van der Waals surface area contributed by atoms with Crippen LogP contribution in [0.2, 0.25) is 0 Å². The van der Waals surface area contributed by atoms with Crippen molar-refractivity contribution in [2.75, 3.05) is 6.54 Å². The average molecular weight is 406 g/mol. The fourth-order valence-corrected chi connectivity index (χ4v) is 4.75. The summed E-state index contributed by atoms with van der Waals surface area (Å²) in [5, 5.41) is 8.46. The van der Waals surface area contributed by atoms with E-state index in [2.05, 4.69) is 53.6 Å². The molecule has 0 bridgehead atoms. The molecule has 1 aromatic heterocycles. The molecule has 0 amide bonds. The maximum absolute atomic E-state index is 13.4. The topological polar surface area (TPSA) is 53.9 Å².